The highest BCUT2D eigenvalue weighted by molar-refractivity contribution is 5.64. The molecular formula is C34H41FO. The Labute approximate surface area is 217 Å². The van der Waals surface area contributed by atoms with Crippen molar-refractivity contribution in [1.29, 1.82) is 0 Å². The molecular weight excluding hydrogens is 443 g/mol. The summed E-state index contributed by atoms with van der Waals surface area (Å²) in [5.74, 6) is 3.55. The van der Waals surface area contributed by atoms with Gasteiger partial charge in [-0.15, -0.1) is 0 Å². The first-order chi connectivity index (χ1) is 17.7. The van der Waals surface area contributed by atoms with Gasteiger partial charge >= 0.3 is 0 Å². The zero-order chi connectivity index (χ0) is 24.7. The highest BCUT2D eigenvalue weighted by Crippen LogP contribution is 2.48. The van der Waals surface area contributed by atoms with Crippen LogP contribution in [-0.4, -0.2) is 0 Å². The molecule has 2 aliphatic carbocycles. The lowest BCUT2D eigenvalue weighted by atomic mass is 9.63. The molecule has 5 rings (SSSR count). The molecule has 2 aliphatic rings. The number of fused-ring (bicyclic) bond motifs is 1. The summed E-state index contributed by atoms with van der Waals surface area (Å²) >= 11 is 0. The molecule has 2 fully saturated rings. The fraction of sp³-hybridized carbons (Fsp3) is 0.471. The first kappa shape index (κ1) is 25.1. The van der Waals surface area contributed by atoms with Crippen molar-refractivity contribution < 1.29 is 9.13 Å². The van der Waals surface area contributed by atoms with Crippen molar-refractivity contribution in [3.63, 3.8) is 0 Å². The van der Waals surface area contributed by atoms with Crippen LogP contribution in [0.4, 0.5) is 4.39 Å². The van der Waals surface area contributed by atoms with Crippen molar-refractivity contribution in [2.24, 2.45) is 17.8 Å². The molecule has 0 spiro atoms. The van der Waals surface area contributed by atoms with Gasteiger partial charge in [0.15, 0.2) is 11.6 Å². The molecule has 0 aliphatic heterocycles. The van der Waals surface area contributed by atoms with Gasteiger partial charge in [0.05, 0.1) is 0 Å². The topological polar surface area (TPSA) is 9.23 Å². The van der Waals surface area contributed by atoms with Gasteiger partial charge in [0.2, 0.25) is 0 Å². The van der Waals surface area contributed by atoms with Crippen LogP contribution in [-0.2, 0) is 6.61 Å². The van der Waals surface area contributed by atoms with E-state index in [2.05, 4.69) is 31.2 Å². The normalized spacial score (nSPS) is 23.7. The molecule has 0 bridgehead atoms. The van der Waals surface area contributed by atoms with E-state index in [0.29, 0.717) is 18.3 Å². The molecule has 0 saturated heterocycles. The van der Waals surface area contributed by atoms with Crippen molar-refractivity contribution >= 4 is 0 Å². The fourth-order valence-electron chi connectivity index (χ4n) is 6.71. The maximum absolute atomic E-state index is 14.8. The SMILES string of the molecule is CCCCCC1CC[C@@H]2C[C@H](c3ccc(-c4ccc(OCc5ccccc5)c(F)c4)cc3)CC[C@@H]2C1. The molecule has 3 aromatic rings. The minimum absolute atomic E-state index is 0.302. The van der Waals surface area contributed by atoms with Crippen LogP contribution in [0.2, 0.25) is 0 Å². The molecule has 0 amide bonds. The maximum Gasteiger partial charge on any atom is 0.165 e. The van der Waals surface area contributed by atoms with E-state index < -0.39 is 0 Å². The van der Waals surface area contributed by atoms with Crippen LogP contribution in [0.25, 0.3) is 11.1 Å². The Hall–Kier alpha value is -2.61. The predicted octanol–water partition coefficient (Wildman–Crippen LogP) is 9.95. The van der Waals surface area contributed by atoms with E-state index in [1.54, 1.807) is 12.1 Å². The van der Waals surface area contributed by atoms with Gasteiger partial charge in [-0.2, -0.15) is 0 Å². The Morgan fingerprint density at radius 1 is 0.778 bits per heavy atom. The molecule has 3 aromatic carbocycles. The summed E-state index contributed by atoms with van der Waals surface area (Å²) in [4.78, 5) is 0. The van der Waals surface area contributed by atoms with Gasteiger partial charge in [0.1, 0.15) is 6.61 Å². The maximum atomic E-state index is 14.8. The average Bonchev–Trinajstić information content (AvgIpc) is 2.93. The van der Waals surface area contributed by atoms with E-state index >= 15 is 0 Å². The highest BCUT2D eigenvalue weighted by Gasteiger charge is 2.35. The molecule has 1 unspecified atom stereocenters. The molecule has 36 heavy (non-hydrogen) atoms. The van der Waals surface area contributed by atoms with Crippen molar-refractivity contribution in [3.05, 3.63) is 89.7 Å². The number of hydrogen-bond donors (Lipinski definition) is 0. The number of rotatable bonds is 9. The largest absolute Gasteiger partial charge is 0.486 e. The van der Waals surface area contributed by atoms with E-state index in [1.807, 2.05) is 36.4 Å². The Bertz CT molecular complexity index is 1090. The van der Waals surface area contributed by atoms with Gasteiger partial charge < -0.3 is 4.74 Å². The van der Waals surface area contributed by atoms with Crippen LogP contribution >= 0.6 is 0 Å². The lowest BCUT2D eigenvalue weighted by molar-refractivity contribution is 0.113. The number of benzene rings is 3. The molecule has 0 N–H and O–H groups in total. The molecule has 4 atom stereocenters. The van der Waals surface area contributed by atoms with Crippen LogP contribution in [0, 0.1) is 23.6 Å². The zero-order valence-electron chi connectivity index (χ0n) is 21.8. The first-order valence-electron chi connectivity index (χ1n) is 14.3. The van der Waals surface area contributed by atoms with Gasteiger partial charge in [-0.1, -0.05) is 99.7 Å². The minimum atomic E-state index is -0.309. The molecule has 0 heterocycles. The number of hydrogen-bond acceptors (Lipinski definition) is 1. The Kier molecular flexibility index (Phi) is 8.41. The summed E-state index contributed by atoms with van der Waals surface area (Å²) < 4.78 is 20.5. The van der Waals surface area contributed by atoms with Crippen LogP contribution in [0.3, 0.4) is 0 Å². The third-order valence-electron chi connectivity index (χ3n) is 8.82. The summed E-state index contributed by atoms with van der Waals surface area (Å²) in [7, 11) is 0. The van der Waals surface area contributed by atoms with Gasteiger partial charge in [-0.3, -0.25) is 0 Å². The van der Waals surface area contributed by atoms with Crippen molar-refractivity contribution in [1.82, 2.24) is 0 Å². The second-order valence-corrected chi connectivity index (χ2v) is 11.2. The Morgan fingerprint density at radius 2 is 1.53 bits per heavy atom. The second kappa shape index (κ2) is 12.1. The Morgan fingerprint density at radius 3 is 2.31 bits per heavy atom. The zero-order valence-corrected chi connectivity index (χ0v) is 21.8. The van der Waals surface area contributed by atoms with Crippen molar-refractivity contribution in [3.8, 4) is 16.9 Å². The predicted molar refractivity (Wildman–Crippen MR) is 148 cm³/mol. The van der Waals surface area contributed by atoms with Crippen LogP contribution < -0.4 is 4.74 Å². The van der Waals surface area contributed by atoms with Gasteiger partial charge in [0.25, 0.3) is 0 Å². The van der Waals surface area contributed by atoms with Crippen molar-refractivity contribution in [2.45, 2.75) is 83.7 Å². The van der Waals surface area contributed by atoms with E-state index in [9.17, 15) is 4.39 Å². The minimum Gasteiger partial charge on any atom is -0.486 e. The smallest absolute Gasteiger partial charge is 0.165 e. The monoisotopic (exact) mass is 484 g/mol. The first-order valence-corrected chi connectivity index (χ1v) is 14.3. The third kappa shape index (κ3) is 6.20. The van der Waals surface area contributed by atoms with Crippen molar-refractivity contribution in [2.75, 3.05) is 0 Å². The second-order valence-electron chi connectivity index (χ2n) is 11.2. The number of unbranched alkanes of at least 4 members (excludes halogenated alkanes) is 2. The highest BCUT2D eigenvalue weighted by atomic mass is 19.1. The summed E-state index contributed by atoms with van der Waals surface area (Å²) in [6.07, 6.45) is 14.1. The lowest BCUT2D eigenvalue weighted by Gasteiger charge is -2.42. The summed E-state index contributed by atoms with van der Waals surface area (Å²) in [6, 6.07) is 24.1. The van der Waals surface area contributed by atoms with E-state index in [-0.39, 0.29) is 5.82 Å². The molecule has 2 heteroatoms. The summed E-state index contributed by atoms with van der Waals surface area (Å²) in [6.45, 7) is 2.68. The standard InChI is InChI=1S/C34H41FO/c1-2-3-5-8-25-11-12-31-22-30(18-17-29(31)21-25)27-13-15-28(16-14-27)32-19-20-34(33(35)23-32)36-24-26-9-6-4-7-10-26/h4,6-7,9-10,13-16,19-20,23,25,29-31H,2-3,5,8,11-12,17-18,21-22,24H2,1H3/t25?,29-,30-,31-/m1/s1. The molecule has 0 radical (unpaired) electrons. The van der Waals surface area contributed by atoms with E-state index in [1.165, 1.54) is 69.8 Å². The van der Waals surface area contributed by atoms with E-state index in [0.717, 1.165) is 34.4 Å². The van der Waals surface area contributed by atoms with Gasteiger partial charge in [-0.05, 0) is 90.2 Å². The molecule has 2 saturated carbocycles. The van der Waals surface area contributed by atoms with Gasteiger partial charge in [-0.25, -0.2) is 4.39 Å². The van der Waals surface area contributed by atoms with Gasteiger partial charge in [0, 0.05) is 0 Å². The van der Waals surface area contributed by atoms with Crippen LogP contribution in [0.15, 0.2) is 72.8 Å². The lowest BCUT2D eigenvalue weighted by Crippen LogP contribution is -2.30. The summed E-state index contributed by atoms with van der Waals surface area (Å²) in [5.41, 5.74) is 4.46. The fourth-order valence-corrected chi connectivity index (χ4v) is 6.71. The number of ether oxygens (including phenoxy) is 1. The van der Waals surface area contributed by atoms with Crippen LogP contribution in [0.1, 0.15) is 88.2 Å². The number of halogens is 1. The van der Waals surface area contributed by atoms with E-state index in [4.69, 9.17) is 4.74 Å². The van der Waals surface area contributed by atoms with Crippen LogP contribution in [0.5, 0.6) is 5.75 Å². The third-order valence-corrected chi connectivity index (χ3v) is 8.82. The molecule has 190 valence electrons. The Balaban J connectivity index is 1.16. The molecule has 0 aromatic heterocycles. The molecule has 1 nitrogen and oxygen atoms in total. The summed E-state index contributed by atoms with van der Waals surface area (Å²) in [5, 5.41) is 0. The average molecular weight is 485 g/mol. The quantitative estimate of drug-likeness (QED) is 0.275.